The summed E-state index contributed by atoms with van der Waals surface area (Å²) in [4.78, 5) is 0. The molecule has 1 atom stereocenters. The van der Waals surface area contributed by atoms with E-state index in [2.05, 4.69) is 46.4 Å². The number of ether oxygens (including phenoxy) is 1. The third kappa shape index (κ3) is 3.18. The van der Waals surface area contributed by atoms with E-state index in [1.54, 1.807) is 0 Å². The van der Waals surface area contributed by atoms with E-state index >= 15 is 0 Å². The molecule has 4 heteroatoms. The normalized spacial score (nSPS) is 20.8. The summed E-state index contributed by atoms with van der Waals surface area (Å²) in [6.07, 6.45) is 0. The molecule has 1 aromatic carbocycles. The van der Waals surface area contributed by atoms with Crippen LogP contribution in [-0.2, 0) is 4.74 Å². The predicted molar refractivity (Wildman–Crippen MR) is 67.7 cm³/mol. The summed E-state index contributed by atoms with van der Waals surface area (Å²) in [7, 11) is 0. The van der Waals surface area contributed by atoms with Crippen molar-refractivity contribution in [2.75, 3.05) is 19.8 Å². The first kappa shape index (κ1) is 13.0. The molecule has 0 saturated carbocycles. The van der Waals surface area contributed by atoms with Crippen molar-refractivity contribution in [1.29, 1.82) is 0 Å². The number of morpholine rings is 1. The van der Waals surface area contributed by atoms with Gasteiger partial charge in [0.2, 0.25) is 0 Å². The molecular formula is C11H15BrClNO. The molecule has 0 unspecified atom stereocenters. The van der Waals surface area contributed by atoms with Gasteiger partial charge in [0.15, 0.2) is 0 Å². The Balaban J connectivity index is 0.00000112. The molecule has 0 amide bonds. The number of rotatable bonds is 1. The van der Waals surface area contributed by atoms with Crippen molar-refractivity contribution in [2.45, 2.75) is 13.0 Å². The van der Waals surface area contributed by atoms with Gasteiger partial charge in [-0.05, 0) is 24.1 Å². The van der Waals surface area contributed by atoms with Gasteiger partial charge in [0.1, 0.15) is 0 Å². The van der Waals surface area contributed by atoms with Gasteiger partial charge in [-0.25, -0.2) is 0 Å². The largest absolute Gasteiger partial charge is 0.378 e. The van der Waals surface area contributed by atoms with E-state index in [-0.39, 0.29) is 12.4 Å². The maximum absolute atomic E-state index is 5.43. The van der Waals surface area contributed by atoms with Crippen LogP contribution in [0, 0.1) is 6.92 Å². The van der Waals surface area contributed by atoms with Crippen molar-refractivity contribution in [3.05, 3.63) is 33.8 Å². The molecular weight excluding hydrogens is 277 g/mol. The van der Waals surface area contributed by atoms with Crippen molar-refractivity contribution >= 4 is 28.3 Å². The summed E-state index contributed by atoms with van der Waals surface area (Å²) in [5.74, 6) is 0. The molecule has 1 heterocycles. The van der Waals surface area contributed by atoms with Crippen LogP contribution in [0.4, 0.5) is 0 Å². The Kier molecular flexibility index (Phi) is 5.06. The van der Waals surface area contributed by atoms with Crippen molar-refractivity contribution in [2.24, 2.45) is 0 Å². The minimum absolute atomic E-state index is 0. The Morgan fingerprint density at radius 2 is 2.27 bits per heavy atom. The minimum Gasteiger partial charge on any atom is -0.378 e. The molecule has 1 aliphatic heterocycles. The topological polar surface area (TPSA) is 21.3 Å². The molecule has 2 rings (SSSR count). The van der Waals surface area contributed by atoms with E-state index in [0.29, 0.717) is 6.04 Å². The monoisotopic (exact) mass is 291 g/mol. The second-order valence-corrected chi connectivity index (χ2v) is 4.44. The zero-order valence-corrected chi connectivity index (χ0v) is 11.0. The lowest BCUT2D eigenvalue weighted by Crippen LogP contribution is -2.34. The van der Waals surface area contributed by atoms with Crippen LogP contribution in [0.2, 0.25) is 0 Å². The summed E-state index contributed by atoms with van der Waals surface area (Å²) in [6, 6.07) is 6.81. The van der Waals surface area contributed by atoms with Gasteiger partial charge in [-0.15, -0.1) is 12.4 Å². The molecule has 1 saturated heterocycles. The third-order valence-corrected chi connectivity index (χ3v) is 3.37. The fourth-order valence-electron chi connectivity index (χ4n) is 1.61. The van der Waals surface area contributed by atoms with Crippen LogP contribution < -0.4 is 5.32 Å². The van der Waals surface area contributed by atoms with Crippen LogP contribution in [0.15, 0.2) is 22.7 Å². The lowest BCUT2D eigenvalue weighted by atomic mass is 10.1. The molecule has 0 aromatic heterocycles. The molecule has 2 nitrogen and oxygen atoms in total. The van der Waals surface area contributed by atoms with Crippen molar-refractivity contribution in [3.8, 4) is 0 Å². The smallest absolute Gasteiger partial charge is 0.0662 e. The standard InChI is InChI=1S/C11H14BrNO.ClH/c1-8-2-3-9(6-10(8)12)11-7-14-5-4-13-11;/h2-3,6,11,13H,4-5,7H2,1H3;1H/t11-;/m1./s1. The van der Waals surface area contributed by atoms with Crippen LogP contribution >= 0.6 is 28.3 Å². The average molecular weight is 293 g/mol. The fraction of sp³-hybridized carbons (Fsp3) is 0.455. The van der Waals surface area contributed by atoms with Crippen molar-refractivity contribution in [3.63, 3.8) is 0 Å². The quantitative estimate of drug-likeness (QED) is 0.859. The van der Waals surface area contributed by atoms with Gasteiger partial charge >= 0.3 is 0 Å². The summed E-state index contributed by atoms with van der Waals surface area (Å²) in [6.45, 7) is 4.63. The van der Waals surface area contributed by atoms with Crippen molar-refractivity contribution in [1.82, 2.24) is 5.32 Å². The summed E-state index contributed by atoms with van der Waals surface area (Å²) < 4.78 is 6.60. The van der Waals surface area contributed by atoms with Gasteiger partial charge < -0.3 is 10.1 Å². The Hall–Kier alpha value is -0.0900. The predicted octanol–water partition coefficient (Wildman–Crippen LogP) is 2.84. The van der Waals surface area contributed by atoms with Crippen LogP contribution in [-0.4, -0.2) is 19.8 Å². The van der Waals surface area contributed by atoms with E-state index in [1.807, 2.05) is 0 Å². The highest BCUT2D eigenvalue weighted by atomic mass is 79.9. The molecule has 84 valence electrons. The van der Waals surface area contributed by atoms with Gasteiger partial charge in [0, 0.05) is 11.0 Å². The maximum Gasteiger partial charge on any atom is 0.0662 e. The van der Waals surface area contributed by atoms with Crippen molar-refractivity contribution < 1.29 is 4.74 Å². The van der Waals surface area contributed by atoms with Gasteiger partial charge in [0.05, 0.1) is 19.3 Å². The Morgan fingerprint density at radius 3 is 2.87 bits per heavy atom. The third-order valence-electron chi connectivity index (χ3n) is 2.52. The van der Waals surface area contributed by atoms with Crippen LogP contribution in [0.5, 0.6) is 0 Å². The molecule has 0 aliphatic carbocycles. The Labute approximate surface area is 105 Å². The summed E-state index contributed by atoms with van der Waals surface area (Å²) in [5.41, 5.74) is 2.56. The molecule has 0 spiro atoms. The number of halogens is 2. The highest BCUT2D eigenvalue weighted by molar-refractivity contribution is 9.10. The van der Waals surface area contributed by atoms with E-state index in [4.69, 9.17) is 4.74 Å². The average Bonchev–Trinajstić information content (AvgIpc) is 2.23. The zero-order valence-electron chi connectivity index (χ0n) is 8.63. The van der Waals surface area contributed by atoms with Crippen LogP contribution in [0.3, 0.4) is 0 Å². The zero-order chi connectivity index (χ0) is 9.97. The number of aryl methyl sites for hydroxylation is 1. The van der Waals surface area contributed by atoms with E-state index in [0.717, 1.165) is 19.8 Å². The molecule has 1 N–H and O–H groups in total. The Morgan fingerprint density at radius 1 is 1.47 bits per heavy atom. The first-order chi connectivity index (χ1) is 6.77. The molecule has 1 fully saturated rings. The number of nitrogens with one attached hydrogen (secondary N) is 1. The number of benzene rings is 1. The molecule has 1 aromatic rings. The second kappa shape index (κ2) is 5.85. The highest BCUT2D eigenvalue weighted by Crippen LogP contribution is 2.22. The highest BCUT2D eigenvalue weighted by Gasteiger charge is 2.15. The minimum atomic E-state index is 0. The first-order valence-corrected chi connectivity index (χ1v) is 5.64. The Bertz CT molecular complexity index is 326. The van der Waals surface area contributed by atoms with Gasteiger partial charge in [-0.2, -0.15) is 0 Å². The van der Waals surface area contributed by atoms with Gasteiger partial charge in [0.25, 0.3) is 0 Å². The van der Waals surface area contributed by atoms with Crippen LogP contribution in [0.25, 0.3) is 0 Å². The molecule has 1 aliphatic rings. The first-order valence-electron chi connectivity index (χ1n) is 4.84. The molecule has 0 radical (unpaired) electrons. The van der Waals surface area contributed by atoms with E-state index in [9.17, 15) is 0 Å². The summed E-state index contributed by atoms with van der Waals surface area (Å²) in [5, 5.41) is 3.44. The summed E-state index contributed by atoms with van der Waals surface area (Å²) >= 11 is 3.54. The number of hydrogen-bond acceptors (Lipinski definition) is 2. The molecule has 15 heavy (non-hydrogen) atoms. The SMILES string of the molecule is Cc1ccc([C@H]2COCCN2)cc1Br.Cl. The van der Waals surface area contributed by atoms with Gasteiger partial charge in [-0.3, -0.25) is 0 Å². The van der Waals surface area contributed by atoms with Gasteiger partial charge in [-0.1, -0.05) is 28.1 Å². The second-order valence-electron chi connectivity index (χ2n) is 3.59. The fourth-order valence-corrected chi connectivity index (χ4v) is 2.00. The lowest BCUT2D eigenvalue weighted by Gasteiger charge is -2.24. The lowest BCUT2D eigenvalue weighted by molar-refractivity contribution is 0.0768. The number of hydrogen-bond donors (Lipinski definition) is 1. The van der Waals surface area contributed by atoms with E-state index in [1.165, 1.54) is 15.6 Å². The van der Waals surface area contributed by atoms with E-state index < -0.39 is 0 Å². The maximum atomic E-state index is 5.43. The molecule has 0 bridgehead atoms. The van der Waals surface area contributed by atoms with Crippen LogP contribution in [0.1, 0.15) is 17.2 Å².